The molecular formula is C12H13N5O2S. The molecule has 1 aromatic carbocycles. The zero-order valence-corrected chi connectivity index (χ0v) is 11.6. The van der Waals surface area contributed by atoms with Gasteiger partial charge >= 0.3 is 0 Å². The normalized spacial score (nSPS) is 11.0. The van der Waals surface area contributed by atoms with Gasteiger partial charge in [0.15, 0.2) is 5.82 Å². The van der Waals surface area contributed by atoms with Crippen molar-refractivity contribution in [3.8, 4) is 6.07 Å². The number of nitrogen functional groups attached to an aromatic ring is 1. The van der Waals surface area contributed by atoms with E-state index < -0.39 is 10.0 Å². The average molecular weight is 291 g/mol. The Morgan fingerprint density at radius 3 is 2.85 bits per heavy atom. The number of benzene rings is 1. The summed E-state index contributed by atoms with van der Waals surface area (Å²) in [5.41, 5.74) is 6.27. The van der Waals surface area contributed by atoms with Crippen molar-refractivity contribution < 1.29 is 8.42 Å². The van der Waals surface area contributed by atoms with E-state index in [4.69, 9.17) is 11.0 Å². The third kappa shape index (κ3) is 2.73. The fourth-order valence-corrected chi connectivity index (χ4v) is 2.77. The third-order valence-electron chi connectivity index (χ3n) is 2.61. The zero-order chi connectivity index (χ0) is 14.8. The Balaban J connectivity index is 2.35. The number of hydrogen-bond donors (Lipinski definition) is 2. The lowest BCUT2D eigenvalue weighted by molar-refractivity contribution is 0.600. The Labute approximate surface area is 116 Å². The van der Waals surface area contributed by atoms with E-state index in [2.05, 4.69) is 9.82 Å². The molecule has 104 valence electrons. The molecule has 0 amide bonds. The van der Waals surface area contributed by atoms with Crippen LogP contribution >= 0.6 is 0 Å². The second kappa shape index (κ2) is 5.22. The first-order valence-electron chi connectivity index (χ1n) is 5.82. The van der Waals surface area contributed by atoms with Crippen molar-refractivity contribution in [1.82, 2.24) is 9.78 Å². The van der Waals surface area contributed by atoms with Gasteiger partial charge in [-0.3, -0.25) is 9.40 Å². The second-order valence-electron chi connectivity index (χ2n) is 4.03. The predicted octanol–water partition coefficient (Wildman–Crippen LogP) is 1.16. The molecule has 0 saturated carbocycles. The van der Waals surface area contributed by atoms with Crippen LogP contribution in [0.4, 0.5) is 11.5 Å². The van der Waals surface area contributed by atoms with Gasteiger partial charge in [0.1, 0.15) is 4.90 Å². The highest BCUT2D eigenvalue weighted by molar-refractivity contribution is 7.92. The maximum Gasteiger partial charge on any atom is 0.267 e. The molecule has 1 aromatic heterocycles. The molecule has 20 heavy (non-hydrogen) atoms. The van der Waals surface area contributed by atoms with E-state index in [1.165, 1.54) is 16.9 Å². The topological polar surface area (TPSA) is 114 Å². The highest BCUT2D eigenvalue weighted by Crippen LogP contribution is 2.20. The van der Waals surface area contributed by atoms with Gasteiger partial charge in [0.2, 0.25) is 0 Å². The van der Waals surface area contributed by atoms with Crippen molar-refractivity contribution in [2.24, 2.45) is 0 Å². The number of nitriles is 1. The van der Waals surface area contributed by atoms with Gasteiger partial charge < -0.3 is 5.73 Å². The van der Waals surface area contributed by atoms with Crippen molar-refractivity contribution >= 4 is 21.5 Å². The molecule has 3 N–H and O–H groups in total. The molecule has 0 saturated heterocycles. The lowest BCUT2D eigenvalue weighted by atomic mass is 10.2. The van der Waals surface area contributed by atoms with Crippen LogP contribution in [0, 0.1) is 11.3 Å². The molecule has 0 aliphatic rings. The molecule has 7 nitrogen and oxygen atoms in total. The summed E-state index contributed by atoms with van der Waals surface area (Å²) in [6.45, 7) is 2.34. The molecule has 0 unspecified atom stereocenters. The standard InChI is InChI=1S/C12H13N5O2S/c1-2-17-8-11(12(14)15-17)20(18,19)16-10-5-3-4-9(6-10)7-13/h3-6,8,16H,2H2,1H3,(H2,14,15). The first-order chi connectivity index (χ1) is 9.46. The summed E-state index contributed by atoms with van der Waals surface area (Å²) >= 11 is 0. The van der Waals surface area contributed by atoms with Gasteiger partial charge in [-0.15, -0.1) is 0 Å². The average Bonchev–Trinajstić information content (AvgIpc) is 2.80. The number of aromatic nitrogens is 2. The number of rotatable bonds is 4. The molecule has 0 aliphatic heterocycles. The van der Waals surface area contributed by atoms with E-state index in [0.29, 0.717) is 17.8 Å². The number of anilines is 2. The third-order valence-corrected chi connectivity index (χ3v) is 4.01. The minimum absolute atomic E-state index is 0.0595. The van der Waals surface area contributed by atoms with Crippen molar-refractivity contribution in [2.75, 3.05) is 10.5 Å². The van der Waals surface area contributed by atoms with Crippen molar-refractivity contribution in [3.63, 3.8) is 0 Å². The van der Waals surface area contributed by atoms with E-state index in [-0.39, 0.29) is 10.7 Å². The highest BCUT2D eigenvalue weighted by Gasteiger charge is 2.21. The fraction of sp³-hybridized carbons (Fsp3) is 0.167. The number of nitrogens with two attached hydrogens (primary N) is 1. The summed E-state index contributed by atoms with van der Waals surface area (Å²) in [5.74, 6) is -0.0595. The summed E-state index contributed by atoms with van der Waals surface area (Å²) in [6.07, 6.45) is 1.37. The molecule has 0 bridgehead atoms. The molecular weight excluding hydrogens is 278 g/mol. The maximum atomic E-state index is 12.2. The molecule has 2 aromatic rings. The molecule has 0 atom stereocenters. The van der Waals surface area contributed by atoms with E-state index in [9.17, 15) is 8.42 Å². The van der Waals surface area contributed by atoms with Crippen molar-refractivity contribution in [3.05, 3.63) is 36.0 Å². The number of hydrogen-bond acceptors (Lipinski definition) is 5. The zero-order valence-electron chi connectivity index (χ0n) is 10.7. The smallest absolute Gasteiger partial charge is 0.267 e. The highest BCUT2D eigenvalue weighted by atomic mass is 32.2. The van der Waals surface area contributed by atoms with Crippen LogP contribution in [0.5, 0.6) is 0 Å². The molecule has 1 heterocycles. The minimum Gasteiger partial charge on any atom is -0.381 e. The number of nitrogens with one attached hydrogen (secondary N) is 1. The van der Waals surface area contributed by atoms with E-state index in [0.717, 1.165) is 0 Å². The minimum atomic E-state index is -3.83. The maximum absolute atomic E-state index is 12.2. The van der Waals surface area contributed by atoms with Crippen LogP contribution in [-0.2, 0) is 16.6 Å². The summed E-state index contributed by atoms with van der Waals surface area (Å²) < 4.78 is 28.3. The van der Waals surface area contributed by atoms with E-state index in [1.54, 1.807) is 18.2 Å². The van der Waals surface area contributed by atoms with Crippen LogP contribution in [-0.4, -0.2) is 18.2 Å². The quantitative estimate of drug-likeness (QED) is 0.877. The SMILES string of the molecule is CCn1cc(S(=O)(=O)Nc2cccc(C#N)c2)c(N)n1. The molecule has 0 fully saturated rings. The fourth-order valence-electron chi connectivity index (χ4n) is 1.65. The van der Waals surface area contributed by atoms with Crippen LogP contribution < -0.4 is 10.5 Å². The first-order valence-corrected chi connectivity index (χ1v) is 7.30. The largest absolute Gasteiger partial charge is 0.381 e. The van der Waals surface area contributed by atoms with Gasteiger partial charge in [-0.2, -0.15) is 10.4 Å². The van der Waals surface area contributed by atoms with E-state index >= 15 is 0 Å². The van der Waals surface area contributed by atoms with E-state index in [1.807, 2.05) is 13.0 Å². The van der Waals surface area contributed by atoms with Crippen LogP contribution in [0.2, 0.25) is 0 Å². The van der Waals surface area contributed by atoms with Gasteiger partial charge in [0, 0.05) is 12.7 Å². The number of nitrogens with zero attached hydrogens (tertiary/aromatic N) is 3. The summed E-state index contributed by atoms with van der Waals surface area (Å²) in [6, 6.07) is 8.12. The van der Waals surface area contributed by atoms with Gasteiger partial charge in [0.25, 0.3) is 10.0 Å². The monoisotopic (exact) mass is 291 g/mol. The number of aryl methyl sites for hydroxylation is 1. The van der Waals surface area contributed by atoms with Crippen molar-refractivity contribution in [1.29, 1.82) is 5.26 Å². The molecule has 2 rings (SSSR count). The van der Waals surface area contributed by atoms with Gasteiger partial charge in [-0.25, -0.2) is 8.42 Å². The predicted molar refractivity (Wildman–Crippen MR) is 74.3 cm³/mol. The molecule has 0 aliphatic carbocycles. The lowest BCUT2D eigenvalue weighted by Crippen LogP contribution is -2.14. The second-order valence-corrected chi connectivity index (χ2v) is 5.68. The Kier molecular flexibility index (Phi) is 3.63. The van der Waals surface area contributed by atoms with Gasteiger partial charge in [-0.1, -0.05) is 6.07 Å². The van der Waals surface area contributed by atoms with Crippen LogP contribution in [0.3, 0.4) is 0 Å². The first kappa shape index (κ1) is 13.9. The molecule has 0 radical (unpaired) electrons. The van der Waals surface area contributed by atoms with Crippen LogP contribution in [0.25, 0.3) is 0 Å². The van der Waals surface area contributed by atoms with Gasteiger partial charge in [0.05, 0.1) is 17.3 Å². The van der Waals surface area contributed by atoms with Crippen molar-refractivity contribution in [2.45, 2.75) is 18.4 Å². The van der Waals surface area contributed by atoms with Crippen LogP contribution in [0.15, 0.2) is 35.4 Å². The molecule has 0 spiro atoms. The summed E-state index contributed by atoms with van der Waals surface area (Å²) in [7, 11) is -3.83. The lowest BCUT2D eigenvalue weighted by Gasteiger charge is -2.06. The summed E-state index contributed by atoms with van der Waals surface area (Å²) in [5, 5.41) is 12.7. The summed E-state index contributed by atoms with van der Waals surface area (Å²) in [4.78, 5) is -0.0817. The molecule has 8 heteroatoms. The van der Waals surface area contributed by atoms with Crippen LogP contribution in [0.1, 0.15) is 12.5 Å². The number of sulfonamides is 1. The Hall–Kier alpha value is -2.53. The van der Waals surface area contributed by atoms with Gasteiger partial charge in [-0.05, 0) is 25.1 Å². The Morgan fingerprint density at radius 2 is 2.25 bits per heavy atom. The Bertz CT molecular complexity index is 773. The Morgan fingerprint density at radius 1 is 1.50 bits per heavy atom.